The first-order valence-corrected chi connectivity index (χ1v) is 7.83. The van der Waals surface area contributed by atoms with E-state index in [2.05, 4.69) is 11.2 Å². The third-order valence-corrected chi connectivity index (χ3v) is 3.67. The Labute approximate surface area is 147 Å². The van der Waals surface area contributed by atoms with E-state index >= 15 is 0 Å². The molecular formula is C20H20N2O3. The molecule has 128 valence electrons. The SMILES string of the molecule is C#Cc1cccc(NC(=O)CN(C)C(=O)CC(O)c2ccccc2)c1. The molecule has 1 atom stereocenters. The van der Waals surface area contributed by atoms with Gasteiger partial charge in [0.05, 0.1) is 19.1 Å². The smallest absolute Gasteiger partial charge is 0.243 e. The number of nitrogens with zero attached hydrogens (tertiary/aromatic N) is 1. The summed E-state index contributed by atoms with van der Waals surface area (Å²) < 4.78 is 0. The first kappa shape index (κ1) is 18.2. The maximum Gasteiger partial charge on any atom is 0.243 e. The molecule has 25 heavy (non-hydrogen) atoms. The molecule has 1 unspecified atom stereocenters. The monoisotopic (exact) mass is 336 g/mol. The Balaban J connectivity index is 1.87. The highest BCUT2D eigenvalue weighted by atomic mass is 16.3. The van der Waals surface area contributed by atoms with E-state index in [1.807, 2.05) is 6.07 Å². The lowest BCUT2D eigenvalue weighted by atomic mass is 10.1. The summed E-state index contributed by atoms with van der Waals surface area (Å²) >= 11 is 0. The molecule has 0 radical (unpaired) electrons. The molecule has 2 aromatic rings. The maximum absolute atomic E-state index is 12.2. The molecule has 2 rings (SSSR count). The zero-order valence-corrected chi connectivity index (χ0v) is 14.0. The molecule has 0 saturated heterocycles. The quantitative estimate of drug-likeness (QED) is 0.795. The van der Waals surface area contributed by atoms with Gasteiger partial charge >= 0.3 is 0 Å². The number of hydrogen-bond acceptors (Lipinski definition) is 3. The number of rotatable bonds is 6. The van der Waals surface area contributed by atoms with Gasteiger partial charge in [0, 0.05) is 18.3 Å². The highest BCUT2D eigenvalue weighted by Gasteiger charge is 2.18. The lowest BCUT2D eigenvalue weighted by Gasteiger charge is -2.19. The normalized spacial score (nSPS) is 11.2. The molecule has 2 amide bonds. The van der Waals surface area contributed by atoms with E-state index in [4.69, 9.17) is 6.42 Å². The van der Waals surface area contributed by atoms with Crippen molar-refractivity contribution in [1.82, 2.24) is 4.90 Å². The zero-order valence-electron chi connectivity index (χ0n) is 14.0. The van der Waals surface area contributed by atoms with Crippen molar-refractivity contribution in [2.24, 2.45) is 0 Å². The molecule has 0 heterocycles. The number of aliphatic hydroxyl groups is 1. The third kappa shape index (κ3) is 5.48. The van der Waals surface area contributed by atoms with E-state index in [1.54, 1.807) is 48.5 Å². The summed E-state index contributed by atoms with van der Waals surface area (Å²) in [6.45, 7) is -0.110. The summed E-state index contributed by atoms with van der Waals surface area (Å²) in [5.41, 5.74) is 1.90. The minimum atomic E-state index is -0.897. The predicted molar refractivity (Wildman–Crippen MR) is 96.7 cm³/mol. The van der Waals surface area contributed by atoms with Gasteiger partial charge in [-0.3, -0.25) is 9.59 Å². The van der Waals surface area contributed by atoms with E-state index in [9.17, 15) is 14.7 Å². The van der Waals surface area contributed by atoms with Crippen LogP contribution in [0.25, 0.3) is 0 Å². The molecule has 0 aliphatic heterocycles. The number of carbonyl (C=O) groups excluding carboxylic acids is 2. The summed E-state index contributed by atoms with van der Waals surface area (Å²) in [6, 6.07) is 15.8. The first-order valence-electron chi connectivity index (χ1n) is 7.83. The molecule has 0 spiro atoms. The maximum atomic E-state index is 12.2. The fraction of sp³-hybridized carbons (Fsp3) is 0.200. The summed E-state index contributed by atoms with van der Waals surface area (Å²) in [6.07, 6.45) is 4.35. The lowest BCUT2D eigenvalue weighted by Crippen LogP contribution is -2.35. The van der Waals surface area contributed by atoms with Crippen LogP contribution < -0.4 is 5.32 Å². The van der Waals surface area contributed by atoms with Crippen molar-refractivity contribution < 1.29 is 14.7 Å². The number of anilines is 1. The van der Waals surface area contributed by atoms with Gasteiger partial charge in [-0.15, -0.1) is 6.42 Å². The number of likely N-dealkylation sites (N-methyl/N-ethyl adjacent to an activating group) is 1. The second-order valence-electron chi connectivity index (χ2n) is 5.65. The summed E-state index contributed by atoms with van der Waals surface area (Å²) in [5.74, 6) is 1.84. The van der Waals surface area contributed by atoms with Crippen molar-refractivity contribution in [3.63, 3.8) is 0 Å². The number of nitrogens with one attached hydrogen (secondary N) is 1. The summed E-state index contributed by atoms with van der Waals surface area (Å²) in [7, 11) is 1.53. The lowest BCUT2D eigenvalue weighted by molar-refractivity contribution is -0.135. The number of amides is 2. The average molecular weight is 336 g/mol. The Hall–Kier alpha value is -3.10. The molecule has 0 saturated carbocycles. The van der Waals surface area contributed by atoms with Crippen LogP contribution in [0.2, 0.25) is 0 Å². The van der Waals surface area contributed by atoms with E-state index in [0.29, 0.717) is 16.8 Å². The van der Waals surface area contributed by atoms with Crippen LogP contribution in [0, 0.1) is 12.3 Å². The fourth-order valence-corrected chi connectivity index (χ4v) is 2.31. The van der Waals surface area contributed by atoms with Gasteiger partial charge in [0.15, 0.2) is 0 Å². The summed E-state index contributed by atoms with van der Waals surface area (Å²) in [5, 5.41) is 12.8. The second-order valence-corrected chi connectivity index (χ2v) is 5.65. The van der Waals surface area contributed by atoms with Gasteiger partial charge in [0.2, 0.25) is 11.8 Å². The number of benzene rings is 2. The topological polar surface area (TPSA) is 69.6 Å². The summed E-state index contributed by atoms with van der Waals surface area (Å²) in [4.78, 5) is 25.5. The fourth-order valence-electron chi connectivity index (χ4n) is 2.31. The molecule has 5 heteroatoms. The van der Waals surface area contributed by atoms with E-state index in [0.717, 1.165) is 0 Å². The predicted octanol–water partition coefficient (Wildman–Crippen LogP) is 2.19. The van der Waals surface area contributed by atoms with Gasteiger partial charge in [-0.25, -0.2) is 0 Å². The highest BCUT2D eigenvalue weighted by Crippen LogP contribution is 2.17. The van der Waals surface area contributed by atoms with Crippen LogP contribution in [-0.4, -0.2) is 35.4 Å². The van der Waals surface area contributed by atoms with Crippen LogP contribution >= 0.6 is 0 Å². The first-order chi connectivity index (χ1) is 12.0. The van der Waals surface area contributed by atoms with E-state index in [1.165, 1.54) is 11.9 Å². The van der Waals surface area contributed by atoms with Gasteiger partial charge in [0.25, 0.3) is 0 Å². The zero-order chi connectivity index (χ0) is 18.2. The molecular weight excluding hydrogens is 316 g/mol. The Morgan fingerprint density at radius 3 is 2.60 bits per heavy atom. The van der Waals surface area contributed by atoms with E-state index < -0.39 is 6.10 Å². The Morgan fingerprint density at radius 2 is 1.92 bits per heavy atom. The number of hydrogen-bond donors (Lipinski definition) is 2. The number of aliphatic hydroxyl groups excluding tert-OH is 1. The van der Waals surface area contributed by atoms with Crippen molar-refractivity contribution >= 4 is 17.5 Å². The van der Waals surface area contributed by atoms with Crippen LogP contribution in [0.4, 0.5) is 5.69 Å². The molecule has 2 N–H and O–H groups in total. The Kier molecular flexibility index (Phi) is 6.33. The largest absolute Gasteiger partial charge is 0.388 e. The molecule has 0 bridgehead atoms. The van der Waals surface area contributed by atoms with Crippen LogP contribution in [0.15, 0.2) is 54.6 Å². The molecule has 0 aromatic heterocycles. The van der Waals surface area contributed by atoms with Gasteiger partial charge in [-0.05, 0) is 23.8 Å². The van der Waals surface area contributed by atoms with Gasteiger partial charge in [-0.1, -0.05) is 42.3 Å². The van der Waals surface area contributed by atoms with Crippen molar-refractivity contribution in [2.45, 2.75) is 12.5 Å². The van der Waals surface area contributed by atoms with Crippen LogP contribution in [0.1, 0.15) is 23.7 Å². The van der Waals surface area contributed by atoms with Gasteiger partial charge < -0.3 is 15.3 Å². The van der Waals surface area contributed by atoms with Crippen LogP contribution in [-0.2, 0) is 9.59 Å². The molecule has 0 aliphatic carbocycles. The number of terminal acetylenes is 1. The molecule has 0 fully saturated rings. The van der Waals surface area contributed by atoms with Gasteiger partial charge in [0.1, 0.15) is 0 Å². The Morgan fingerprint density at radius 1 is 1.20 bits per heavy atom. The van der Waals surface area contributed by atoms with E-state index in [-0.39, 0.29) is 24.8 Å². The second kappa shape index (κ2) is 8.67. The van der Waals surface area contributed by atoms with Crippen molar-refractivity contribution in [3.8, 4) is 12.3 Å². The average Bonchev–Trinajstić information content (AvgIpc) is 2.62. The van der Waals surface area contributed by atoms with Crippen LogP contribution in [0.3, 0.4) is 0 Å². The molecule has 5 nitrogen and oxygen atoms in total. The minimum Gasteiger partial charge on any atom is -0.388 e. The standard InChI is InChI=1S/C20H20N2O3/c1-3-15-8-7-11-17(12-15)21-19(24)14-22(2)20(25)13-18(23)16-9-5-4-6-10-16/h1,4-12,18,23H,13-14H2,2H3,(H,21,24). The number of carbonyl (C=O) groups is 2. The molecule has 2 aromatic carbocycles. The van der Waals surface area contributed by atoms with Crippen molar-refractivity contribution in [3.05, 3.63) is 65.7 Å². The van der Waals surface area contributed by atoms with Crippen molar-refractivity contribution in [2.75, 3.05) is 18.9 Å². The van der Waals surface area contributed by atoms with Gasteiger partial charge in [-0.2, -0.15) is 0 Å². The minimum absolute atomic E-state index is 0.0830. The highest BCUT2D eigenvalue weighted by molar-refractivity contribution is 5.94. The Bertz CT molecular complexity index is 781. The third-order valence-electron chi connectivity index (χ3n) is 3.67. The van der Waals surface area contributed by atoms with Crippen LogP contribution in [0.5, 0.6) is 0 Å². The molecule has 0 aliphatic rings. The van der Waals surface area contributed by atoms with Crippen molar-refractivity contribution in [1.29, 1.82) is 0 Å².